The highest BCUT2D eigenvalue weighted by atomic mass is 35.5. The third-order valence-corrected chi connectivity index (χ3v) is 3.19. The third kappa shape index (κ3) is 3.54. The van der Waals surface area contributed by atoms with Gasteiger partial charge in [-0.1, -0.05) is 11.6 Å². The molecule has 1 aliphatic carbocycles. The van der Waals surface area contributed by atoms with Gasteiger partial charge in [-0.05, 0) is 38.2 Å². The molecule has 104 valence electrons. The van der Waals surface area contributed by atoms with Crippen LogP contribution in [0.25, 0.3) is 0 Å². The van der Waals surface area contributed by atoms with Crippen LogP contribution < -0.4 is 5.32 Å². The van der Waals surface area contributed by atoms with Crippen LogP contribution >= 0.6 is 11.6 Å². The fourth-order valence-corrected chi connectivity index (χ4v) is 2.04. The van der Waals surface area contributed by atoms with E-state index >= 15 is 0 Å². The van der Waals surface area contributed by atoms with Crippen molar-refractivity contribution in [2.45, 2.75) is 38.2 Å². The third-order valence-electron chi connectivity index (χ3n) is 2.89. The Bertz CT molecular complexity index is 510. The summed E-state index contributed by atoms with van der Waals surface area (Å²) in [6.45, 7) is 3.36. The molecule has 0 aromatic carbocycles. The van der Waals surface area contributed by atoms with Crippen molar-refractivity contribution in [1.29, 1.82) is 0 Å². The fourth-order valence-electron chi connectivity index (χ4n) is 1.75. The average molecular weight is 286 g/mol. The summed E-state index contributed by atoms with van der Waals surface area (Å²) >= 11 is 6.05. The van der Waals surface area contributed by atoms with Crippen LogP contribution in [-0.2, 0) is 0 Å². The highest BCUT2D eigenvalue weighted by Crippen LogP contribution is 2.44. The number of hydrogen-bond donors (Lipinski definition) is 2. The van der Waals surface area contributed by atoms with Gasteiger partial charge in [0, 0.05) is 12.6 Å². The molecule has 0 saturated heterocycles. The standard InChI is InChI=1S/C12H16ClN3O3/c1-12(2,17)6-14-11-9(16(18)19)5-8(7-3-4-7)10(13)15-11/h5,7,17H,3-4,6H2,1-2H3,(H,14,15). The first-order chi connectivity index (χ1) is 8.78. The first kappa shape index (κ1) is 14.0. The molecule has 0 amide bonds. The van der Waals surface area contributed by atoms with Crippen LogP contribution in [0.4, 0.5) is 11.5 Å². The number of aliphatic hydroxyl groups is 1. The molecule has 6 nitrogen and oxygen atoms in total. The Balaban J connectivity index is 2.30. The zero-order chi connectivity index (χ0) is 14.2. The Labute approximate surface area is 116 Å². The zero-order valence-electron chi connectivity index (χ0n) is 10.8. The van der Waals surface area contributed by atoms with Crippen molar-refractivity contribution in [2.24, 2.45) is 0 Å². The number of anilines is 1. The maximum Gasteiger partial charge on any atom is 0.311 e. The van der Waals surface area contributed by atoms with Crippen molar-refractivity contribution in [3.63, 3.8) is 0 Å². The van der Waals surface area contributed by atoms with Gasteiger partial charge in [0.25, 0.3) is 0 Å². The number of rotatable bonds is 5. The minimum atomic E-state index is -0.989. The maximum absolute atomic E-state index is 11.1. The molecule has 1 aromatic rings. The van der Waals surface area contributed by atoms with Gasteiger partial charge in [0.2, 0.25) is 5.82 Å². The monoisotopic (exact) mass is 285 g/mol. The Kier molecular flexibility index (Phi) is 3.64. The second kappa shape index (κ2) is 4.94. The molecule has 0 bridgehead atoms. The SMILES string of the molecule is CC(C)(O)CNc1nc(Cl)c(C2CC2)cc1[N+](=O)[O-]. The molecular weight excluding hydrogens is 270 g/mol. The molecule has 1 aliphatic rings. The van der Waals surface area contributed by atoms with Gasteiger partial charge in [-0.25, -0.2) is 4.98 Å². The van der Waals surface area contributed by atoms with Crippen molar-refractivity contribution in [2.75, 3.05) is 11.9 Å². The first-order valence-electron chi connectivity index (χ1n) is 6.09. The van der Waals surface area contributed by atoms with E-state index in [-0.39, 0.29) is 18.1 Å². The van der Waals surface area contributed by atoms with E-state index < -0.39 is 10.5 Å². The van der Waals surface area contributed by atoms with Gasteiger partial charge in [-0.3, -0.25) is 10.1 Å². The predicted molar refractivity (Wildman–Crippen MR) is 72.7 cm³/mol. The molecule has 1 aromatic heterocycles. The number of halogens is 1. The van der Waals surface area contributed by atoms with E-state index in [1.807, 2.05) is 0 Å². The van der Waals surface area contributed by atoms with Gasteiger partial charge in [0.15, 0.2) is 0 Å². The topological polar surface area (TPSA) is 88.3 Å². The van der Waals surface area contributed by atoms with Crippen molar-refractivity contribution in [1.82, 2.24) is 4.98 Å². The van der Waals surface area contributed by atoms with Crippen molar-refractivity contribution in [3.8, 4) is 0 Å². The van der Waals surface area contributed by atoms with Gasteiger partial charge in [-0.2, -0.15) is 0 Å². The quantitative estimate of drug-likeness (QED) is 0.493. The van der Waals surface area contributed by atoms with Gasteiger partial charge in [0.05, 0.1) is 10.5 Å². The molecule has 0 unspecified atom stereocenters. The lowest BCUT2D eigenvalue weighted by molar-refractivity contribution is -0.384. The van der Waals surface area contributed by atoms with Gasteiger partial charge in [-0.15, -0.1) is 0 Å². The molecule has 2 rings (SSSR count). The van der Waals surface area contributed by atoms with Crippen molar-refractivity contribution >= 4 is 23.1 Å². The van der Waals surface area contributed by atoms with Crippen LogP contribution in [0.3, 0.4) is 0 Å². The van der Waals surface area contributed by atoms with Crippen LogP contribution in [0, 0.1) is 10.1 Å². The van der Waals surface area contributed by atoms with Crippen LogP contribution in [-0.4, -0.2) is 27.2 Å². The summed E-state index contributed by atoms with van der Waals surface area (Å²) in [5.74, 6) is 0.392. The minimum Gasteiger partial charge on any atom is -0.389 e. The highest BCUT2D eigenvalue weighted by Gasteiger charge is 2.30. The van der Waals surface area contributed by atoms with Crippen LogP contribution in [0.2, 0.25) is 5.15 Å². The molecule has 1 saturated carbocycles. The van der Waals surface area contributed by atoms with E-state index in [4.69, 9.17) is 11.6 Å². The first-order valence-corrected chi connectivity index (χ1v) is 6.47. The largest absolute Gasteiger partial charge is 0.389 e. The predicted octanol–water partition coefficient (Wildman–Crippen LogP) is 2.70. The molecule has 19 heavy (non-hydrogen) atoms. The Morgan fingerprint density at radius 1 is 1.63 bits per heavy atom. The molecule has 1 fully saturated rings. The van der Waals surface area contributed by atoms with Gasteiger partial charge >= 0.3 is 5.69 Å². The second-order valence-corrected chi connectivity index (χ2v) is 5.79. The van der Waals surface area contributed by atoms with Crippen LogP contribution in [0.1, 0.15) is 38.2 Å². The summed E-state index contributed by atoms with van der Waals surface area (Å²) < 4.78 is 0. The van der Waals surface area contributed by atoms with E-state index in [9.17, 15) is 15.2 Å². The average Bonchev–Trinajstić information content (AvgIpc) is 3.08. The van der Waals surface area contributed by atoms with Crippen LogP contribution in [0.5, 0.6) is 0 Å². The molecule has 2 N–H and O–H groups in total. The Morgan fingerprint density at radius 2 is 2.26 bits per heavy atom. The second-order valence-electron chi connectivity index (χ2n) is 5.43. The molecule has 7 heteroatoms. The Hall–Kier alpha value is -1.40. The van der Waals surface area contributed by atoms with E-state index in [1.54, 1.807) is 13.8 Å². The van der Waals surface area contributed by atoms with Crippen LogP contribution in [0.15, 0.2) is 6.07 Å². The number of aromatic nitrogens is 1. The van der Waals surface area contributed by atoms with Crippen molar-refractivity contribution < 1.29 is 10.0 Å². The number of nitrogens with zero attached hydrogens (tertiary/aromatic N) is 2. The highest BCUT2D eigenvalue weighted by molar-refractivity contribution is 6.30. The molecule has 0 atom stereocenters. The van der Waals surface area contributed by atoms with Gasteiger partial charge < -0.3 is 10.4 Å². The summed E-state index contributed by atoms with van der Waals surface area (Å²) in [7, 11) is 0. The summed E-state index contributed by atoms with van der Waals surface area (Å²) in [5, 5.41) is 23.8. The normalized spacial score (nSPS) is 15.4. The summed E-state index contributed by atoms with van der Waals surface area (Å²) in [5.41, 5.74) is -0.352. The van der Waals surface area contributed by atoms with E-state index in [0.29, 0.717) is 11.1 Å². The smallest absolute Gasteiger partial charge is 0.311 e. The summed E-state index contributed by atoms with van der Waals surface area (Å²) in [6.07, 6.45) is 1.99. The lowest BCUT2D eigenvalue weighted by Gasteiger charge is -2.18. The lowest BCUT2D eigenvalue weighted by atomic mass is 10.1. The molecule has 0 spiro atoms. The number of nitrogens with one attached hydrogen (secondary N) is 1. The van der Waals surface area contributed by atoms with Crippen molar-refractivity contribution in [3.05, 3.63) is 26.9 Å². The number of nitro groups is 1. The van der Waals surface area contributed by atoms with E-state index in [2.05, 4.69) is 10.3 Å². The number of pyridine rings is 1. The maximum atomic E-state index is 11.1. The van der Waals surface area contributed by atoms with Gasteiger partial charge in [0.1, 0.15) is 5.15 Å². The molecule has 1 heterocycles. The molecular formula is C12H16ClN3O3. The summed E-state index contributed by atoms with van der Waals surface area (Å²) in [4.78, 5) is 14.6. The number of hydrogen-bond acceptors (Lipinski definition) is 5. The Morgan fingerprint density at radius 3 is 2.74 bits per heavy atom. The molecule has 0 radical (unpaired) electrons. The zero-order valence-corrected chi connectivity index (χ0v) is 11.6. The fraction of sp³-hybridized carbons (Fsp3) is 0.583. The minimum absolute atomic E-state index is 0.0986. The van der Waals surface area contributed by atoms with E-state index in [0.717, 1.165) is 18.4 Å². The lowest BCUT2D eigenvalue weighted by Crippen LogP contribution is -2.29. The van der Waals surface area contributed by atoms with E-state index in [1.165, 1.54) is 6.07 Å². The summed E-state index contributed by atoms with van der Waals surface area (Å²) in [6, 6.07) is 1.49. The molecule has 0 aliphatic heterocycles.